The zero-order valence-electron chi connectivity index (χ0n) is 7.06. The molecule has 0 amide bonds. The molecule has 0 aliphatic heterocycles. The Hall–Kier alpha value is -0.130. The molecular formula is C7H14O4S. The van der Waals surface area contributed by atoms with Crippen LogP contribution in [0.2, 0.25) is 0 Å². The van der Waals surface area contributed by atoms with Crippen LogP contribution >= 0.6 is 0 Å². The first-order chi connectivity index (χ1) is 5.54. The third-order valence-corrected chi connectivity index (χ3v) is 3.60. The fourth-order valence-electron chi connectivity index (χ4n) is 1.59. The van der Waals surface area contributed by atoms with E-state index in [0.29, 0.717) is 12.8 Å². The van der Waals surface area contributed by atoms with Crippen molar-refractivity contribution in [2.75, 3.05) is 7.11 Å². The summed E-state index contributed by atoms with van der Waals surface area (Å²) < 4.78 is 35.3. The van der Waals surface area contributed by atoms with Gasteiger partial charge in [-0.1, -0.05) is 0 Å². The van der Waals surface area contributed by atoms with Crippen molar-refractivity contribution >= 4 is 10.1 Å². The van der Waals surface area contributed by atoms with E-state index in [1.54, 1.807) is 7.11 Å². The lowest BCUT2D eigenvalue weighted by Gasteiger charge is -2.25. The molecule has 1 rings (SSSR count). The monoisotopic (exact) mass is 194 g/mol. The van der Waals surface area contributed by atoms with Crippen LogP contribution in [0.5, 0.6) is 0 Å². The quantitative estimate of drug-likeness (QED) is 0.661. The van der Waals surface area contributed by atoms with Gasteiger partial charge < -0.3 is 4.74 Å². The van der Waals surface area contributed by atoms with Crippen molar-refractivity contribution in [3.05, 3.63) is 0 Å². The summed E-state index contributed by atoms with van der Waals surface area (Å²) in [5.74, 6) is 0. The van der Waals surface area contributed by atoms with Crippen LogP contribution in [0.25, 0.3) is 0 Å². The maximum Gasteiger partial charge on any atom is 0.267 e. The molecule has 1 saturated carbocycles. The first kappa shape index (κ1) is 9.95. The van der Waals surface area contributed by atoms with Gasteiger partial charge in [-0.05, 0) is 25.7 Å². The Bertz CT molecular complexity index is 234. The number of ether oxygens (including phenoxy) is 1. The molecule has 1 aliphatic carbocycles. The minimum atomic E-state index is -3.85. The zero-order chi connectivity index (χ0) is 9.19. The molecule has 0 aromatic heterocycles. The summed E-state index contributed by atoms with van der Waals surface area (Å²) in [6.45, 7) is 0. The van der Waals surface area contributed by atoms with E-state index < -0.39 is 15.4 Å². The lowest BCUT2D eigenvalue weighted by atomic mass is 9.97. The number of hydrogen-bond acceptors (Lipinski definition) is 3. The van der Waals surface area contributed by atoms with E-state index in [1.807, 2.05) is 0 Å². The molecule has 5 heteroatoms. The summed E-state index contributed by atoms with van der Waals surface area (Å²) in [5.41, 5.74) is 0. The summed E-state index contributed by atoms with van der Waals surface area (Å²) in [5, 5.41) is -0.615. The smallest absolute Gasteiger partial charge is 0.267 e. The highest BCUT2D eigenvalue weighted by atomic mass is 32.2. The van der Waals surface area contributed by atoms with Crippen LogP contribution in [0.4, 0.5) is 0 Å². The van der Waals surface area contributed by atoms with Gasteiger partial charge in [-0.2, -0.15) is 8.42 Å². The maximum absolute atomic E-state index is 10.7. The molecule has 0 aromatic carbocycles. The van der Waals surface area contributed by atoms with Crippen molar-refractivity contribution < 1.29 is 17.7 Å². The molecule has 12 heavy (non-hydrogen) atoms. The highest BCUT2D eigenvalue weighted by Gasteiger charge is 2.30. The molecule has 2 unspecified atom stereocenters. The highest BCUT2D eigenvalue weighted by molar-refractivity contribution is 7.86. The van der Waals surface area contributed by atoms with Crippen LogP contribution in [0.3, 0.4) is 0 Å². The maximum atomic E-state index is 10.7. The molecule has 0 radical (unpaired) electrons. The summed E-state index contributed by atoms with van der Waals surface area (Å²) in [4.78, 5) is 0. The van der Waals surface area contributed by atoms with Crippen molar-refractivity contribution in [2.45, 2.75) is 37.0 Å². The summed E-state index contributed by atoms with van der Waals surface area (Å²) in [6, 6.07) is 0. The molecule has 1 aliphatic rings. The van der Waals surface area contributed by atoms with E-state index in [0.717, 1.165) is 12.8 Å². The van der Waals surface area contributed by atoms with E-state index in [9.17, 15) is 8.42 Å². The van der Waals surface area contributed by atoms with Gasteiger partial charge in [-0.25, -0.2) is 0 Å². The van der Waals surface area contributed by atoms with Crippen molar-refractivity contribution in [1.29, 1.82) is 0 Å². The van der Waals surface area contributed by atoms with E-state index in [2.05, 4.69) is 0 Å². The lowest BCUT2D eigenvalue weighted by molar-refractivity contribution is 0.0711. The van der Waals surface area contributed by atoms with Gasteiger partial charge >= 0.3 is 0 Å². The van der Waals surface area contributed by atoms with Gasteiger partial charge in [-0.3, -0.25) is 4.55 Å². The molecule has 0 heterocycles. The summed E-state index contributed by atoms with van der Waals surface area (Å²) >= 11 is 0. The van der Waals surface area contributed by atoms with Crippen LogP contribution in [0, 0.1) is 0 Å². The number of rotatable bonds is 2. The Morgan fingerprint density at radius 3 is 2.58 bits per heavy atom. The Balaban J connectivity index is 2.58. The molecule has 2 atom stereocenters. The molecule has 72 valence electrons. The predicted octanol–water partition coefficient (Wildman–Crippen LogP) is 0.832. The van der Waals surface area contributed by atoms with Crippen LogP contribution < -0.4 is 0 Å². The van der Waals surface area contributed by atoms with Gasteiger partial charge in [0, 0.05) is 7.11 Å². The fourth-order valence-corrected chi connectivity index (χ4v) is 2.51. The molecule has 4 nitrogen and oxygen atoms in total. The van der Waals surface area contributed by atoms with Crippen molar-refractivity contribution in [2.24, 2.45) is 0 Å². The Kier molecular flexibility index (Phi) is 3.09. The number of hydrogen-bond donors (Lipinski definition) is 1. The first-order valence-corrected chi connectivity index (χ1v) is 5.53. The largest absolute Gasteiger partial charge is 0.381 e. The van der Waals surface area contributed by atoms with Gasteiger partial charge in [-0.15, -0.1) is 0 Å². The van der Waals surface area contributed by atoms with Gasteiger partial charge in [0.1, 0.15) is 0 Å². The SMILES string of the molecule is COC1CCCC(S(=O)(=O)O)C1. The molecule has 1 fully saturated rings. The van der Waals surface area contributed by atoms with Crippen LogP contribution in [0.1, 0.15) is 25.7 Å². The zero-order valence-corrected chi connectivity index (χ0v) is 7.88. The average molecular weight is 194 g/mol. The Morgan fingerprint density at radius 2 is 2.08 bits per heavy atom. The van der Waals surface area contributed by atoms with Crippen LogP contribution in [0.15, 0.2) is 0 Å². The third kappa shape index (κ3) is 2.43. The average Bonchev–Trinajstić information content (AvgIpc) is 2.03. The van der Waals surface area contributed by atoms with E-state index >= 15 is 0 Å². The third-order valence-electron chi connectivity index (χ3n) is 2.33. The second kappa shape index (κ2) is 3.72. The highest BCUT2D eigenvalue weighted by Crippen LogP contribution is 2.24. The van der Waals surface area contributed by atoms with E-state index in [4.69, 9.17) is 9.29 Å². The Morgan fingerprint density at radius 1 is 1.42 bits per heavy atom. The van der Waals surface area contributed by atoms with Gasteiger partial charge in [0.05, 0.1) is 11.4 Å². The first-order valence-electron chi connectivity index (χ1n) is 4.03. The van der Waals surface area contributed by atoms with Gasteiger partial charge in [0.2, 0.25) is 0 Å². The molecular weight excluding hydrogens is 180 g/mol. The minimum Gasteiger partial charge on any atom is -0.381 e. The standard InChI is InChI=1S/C7H14O4S/c1-11-6-3-2-4-7(5-6)12(8,9)10/h6-7H,2-5H2,1H3,(H,8,9,10). The second-order valence-corrected chi connectivity index (χ2v) is 4.86. The van der Waals surface area contributed by atoms with Crippen molar-refractivity contribution in [3.8, 4) is 0 Å². The summed E-state index contributed by atoms with van der Waals surface area (Å²) in [7, 11) is -2.28. The van der Waals surface area contributed by atoms with Gasteiger partial charge in [0.25, 0.3) is 10.1 Å². The Labute approximate surface area is 72.7 Å². The van der Waals surface area contributed by atoms with Crippen LogP contribution in [-0.2, 0) is 14.9 Å². The topological polar surface area (TPSA) is 63.6 Å². The summed E-state index contributed by atoms with van der Waals surface area (Å²) in [6.07, 6.45) is 2.67. The van der Waals surface area contributed by atoms with Crippen molar-refractivity contribution in [3.63, 3.8) is 0 Å². The normalized spacial score (nSPS) is 31.8. The van der Waals surface area contributed by atoms with E-state index in [-0.39, 0.29) is 6.10 Å². The minimum absolute atomic E-state index is 0.00863. The number of methoxy groups -OCH3 is 1. The second-order valence-electron chi connectivity index (χ2n) is 3.16. The molecule has 0 saturated heterocycles. The molecule has 0 spiro atoms. The fraction of sp³-hybridized carbons (Fsp3) is 1.00. The molecule has 1 N–H and O–H groups in total. The van der Waals surface area contributed by atoms with Crippen molar-refractivity contribution in [1.82, 2.24) is 0 Å². The van der Waals surface area contributed by atoms with Gasteiger partial charge in [0.15, 0.2) is 0 Å². The molecule has 0 bridgehead atoms. The lowest BCUT2D eigenvalue weighted by Crippen LogP contribution is -2.31. The van der Waals surface area contributed by atoms with E-state index in [1.165, 1.54) is 0 Å². The molecule has 0 aromatic rings. The van der Waals surface area contributed by atoms with Crippen LogP contribution in [-0.4, -0.2) is 31.4 Å². The predicted molar refractivity (Wildman–Crippen MR) is 44.6 cm³/mol.